The Morgan fingerprint density at radius 1 is 0.300 bits per heavy atom. The second-order valence-corrected chi connectivity index (χ2v) is 16.0. The van der Waals surface area contributed by atoms with Gasteiger partial charge in [0.1, 0.15) is 0 Å². The van der Waals surface area contributed by atoms with Gasteiger partial charge < -0.3 is 4.90 Å². The zero-order chi connectivity index (χ0) is 39.6. The Morgan fingerprint density at radius 3 is 1.32 bits per heavy atom. The van der Waals surface area contributed by atoms with E-state index in [4.69, 9.17) is 0 Å². The predicted octanol–water partition coefficient (Wildman–Crippen LogP) is 15.7. The van der Waals surface area contributed by atoms with Gasteiger partial charge in [-0.25, -0.2) is 0 Å². The molecule has 280 valence electrons. The molecule has 2 aliphatic rings. The predicted molar refractivity (Wildman–Crippen MR) is 251 cm³/mol. The number of rotatable bonds is 6. The number of hydrogen-bond donors (Lipinski definition) is 0. The zero-order valence-electron chi connectivity index (χ0n) is 33.0. The van der Waals surface area contributed by atoms with Gasteiger partial charge in [-0.1, -0.05) is 206 Å². The van der Waals surface area contributed by atoms with E-state index in [1.54, 1.807) is 0 Å². The van der Waals surface area contributed by atoms with Gasteiger partial charge in [-0.05, 0) is 113 Å². The SMILES string of the molecule is c1ccc(-c2ccc(N(c3ccc(-c4ccccc4)cc3)c3cc4ccccc4c4c3-c3ccccc3C43c4ccccc4-c4c(-c5ccccc5)cccc43)cc2)cc1. The molecule has 1 heteroatoms. The first kappa shape index (κ1) is 34.3. The van der Waals surface area contributed by atoms with E-state index in [0.717, 1.165) is 17.1 Å². The Labute approximate surface area is 351 Å². The molecule has 0 aliphatic heterocycles. The molecule has 1 atom stereocenters. The molecule has 0 fully saturated rings. The third-order valence-electron chi connectivity index (χ3n) is 12.9. The lowest BCUT2D eigenvalue weighted by molar-refractivity contribution is 0.801. The van der Waals surface area contributed by atoms with Crippen molar-refractivity contribution in [2.75, 3.05) is 4.90 Å². The van der Waals surface area contributed by atoms with Crippen molar-refractivity contribution < 1.29 is 0 Å². The van der Waals surface area contributed by atoms with Gasteiger partial charge in [0, 0.05) is 16.9 Å². The monoisotopic (exact) mass is 761 g/mol. The number of fused-ring (bicyclic) bond motifs is 12. The highest BCUT2D eigenvalue weighted by atomic mass is 15.1. The number of benzene rings is 10. The van der Waals surface area contributed by atoms with Gasteiger partial charge in [-0.3, -0.25) is 0 Å². The molecular formula is C59H39N. The number of hydrogen-bond acceptors (Lipinski definition) is 1. The summed E-state index contributed by atoms with van der Waals surface area (Å²) >= 11 is 0. The third kappa shape index (κ3) is 5.06. The van der Waals surface area contributed by atoms with Gasteiger partial charge >= 0.3 is 0 Å². The molecule has 0 saturated carbocycles. The zero-order valence-corrected chi connectivity index (χ0v) is 33.0. The van der Waals surface area contributed by atoms with Gasteiger partial charge in [0.15, 0.2) is 0 Å². The fraction of sp³-hybridized carbons (Fsp3) is 0.0169. The Morgan fingerprint density at radius 2 is 0.733 bits per heavy atom. The van der Waals surface area contributed by atoms with E-state index in [0.29, 0.717) is 0 Å². The Kier molecular flexibility index (Phi) is 7.83. The van der Waals surface area contributed by atoms with E-state index in [1.807, 2.05) is 0 Å². The van der Waals surface area contributed by atoms with Gasteiger partial charge in [-0.15, -0.1) is 0 Å². The van der Waals surface area contributed by atoms with Crippen molar-refractivity contribution in [1.29, 1.82) is 0 Å². The van der Waals surface area contributed by atoms with Crippen molar-refractivity contribution in [3.63, 3.8) is 0 Å². The molecule has 0 saturated heterocycles. The third-order valence-corrected chi connectivity index (χ3v) is 12.9. The van der Waals surface area contributed by atoms with Crippen LogP contribution in [0.1, 0.15) is 22.3 Å². The average molecular weight is 762 g/mol. The molecule has 1 spiro atoms. The van der Waals surface area contributed by atoms with Crippen molar-refractivity contribution >= 4 is 27.8 Å². The van der Waals surface area contributed by atoms with E-state index in [-0.39, 0.29) is 0 Å². The standard InChI is InChI=1S/C59H39N/c1-4-17-40(18-5-1)42-31-35-46(36-32-42)60(47-37-33-43(34-38-47)41-19-6-2-7-20-41)55-39-45-23-10-11-24-49(45)58-57(55)51-26-13-15-29-53(51)59(58)52-28-14-12-25-50(52)56-48(27-16-30-54(56)59)44-21-8-3-9-22-44/h1-39H. The highest BCUT2D eigenvalue weighted by molar-refractivity contribution is 6.10. The fourth-order valence-corrected chi connectivity index (χ4v) is 10.4. The van der Waals surface area contributed by atoms with Crippen molar-refractivity contribution in [1.82, 2.24) is 0 Å². The lowest BCUT2D eigenvalue weighted by atomic mass is 9.69. The Hall–Kier alpha value is -7.74. The highest BCUT2D eigenvalue weighted by Gasteiger charge is 2.54. The quantitative estimate of drug-likeness (QED) is 0.163. The molecule has 0 bridgehead atoms. The Balaban J connectivity index is 1.17. The molecule has 1 nitrogen and oxygen atoms in total. The second-order valence-electron chi connectivity index (χ2n) is 16.0. The van der Waals surface area contributed by atoms with Crippen molar-refractivity contribution in [3.05, 3.63) is 259 Å². The number of anilines is 3. The molecule has 0 heterocycles. The van der Waals surface area contributed by atoms with E-state index in [2.05, 4.69) is 241 Å². The summed E-state index contributed by atoms with van der Waals surface area (Å²) in [5.74, 6) is 0. The minimum absolute atomic E-state index is 0.543. The maximum Gasteiger partial charge on any atom is 0.0732 e. The van der Waals surface area contributed by atoms with Crippen LogP contribution in [0.4, 0.5) is 17.1 Å². The van der Waals surface area contributed by atoms with Crippen LogP contribution >= 0.6 is 0 Å². The van der Waals surface area contributed by atoms with E-state index in [1.165, 1.54) is 88.7 Å². The van der Waals surface area contributed by atoms with Crippen LogP contribution in [0, 0.1) is 0 Å². The number of nitrogens with zero attached hydrogens (tertiary/aromatic N) is 1. The summed E-state index contributed by atoms with van der Waals surface area (Å²) in [6.07, 6.45) is 0. The summed E-state index contributed by atoms with van der Waals surface area (Å²) < 4.78 is 0. The molecule has 0 N–H and O–H groups in total. The first-order valence-electron chi connectivity index (χ1n) is 20.8. The van der Waals surface area contributed by atoms with E-state index >= 15 is 0 Å². The van der Waals surface area contributed by atoms with Crippen LogP contribution < -0.4 is 4.90 Å². The molecule has 2 aliphatic carbocycles. The minimum atomic E-state index is -0.543. The van der Waals surface area contributed by atoms with Gasteiger partial charge in [-0.2, -0.15) is 0 Å². The highest BCUT2D eigenvalue weighted by Crippen LogP contribution is 2.67. The normalized spacial score (nSPS) is 14.4. The molecule has 10 aromatic carbocycles. The first-order valence-corrected chi connectivity index (χ1v) is 20.8. The van der Waals surface area contributed by atoms with Gasteiger partial charge in [0.25, 0.3) is 0 Å². The summed E-state index contributed by atoms with van der Waals surface area (Å²) in [5.41, 5.74) is 20.7. The molecule has 12 rings (SSSR count). The summed E-state index contributed by atoms with van der Waals surface area (Å²) in [4.78, 5) is 2.49. The van der Waals surface area contributed by atoms with Crippen LogP contribution in [0.5, 0.6) is 0 Å². The lowest BCUT2D eigenvalue weighted by Crippen LogP contribution is -2.26. The smallest absolute Gasteiger partial charge is 0.0732 e. The molecular weight excluding hydrogens is 723 g/mol. The Bertz CT molecular complexity index is 3140. The average Bonchev–Trinajstić information content (AvgIpc) is 3.81. The van der Waals surface area contributed by atoms with Crippen molar-refractivity contribution in [2.24, 2.45) is 0 Å². The van der Waals surface area contributed by atoms with Gasteiger partial charge in [0.2, 0.25) is 0 Å². The lowest BCUT2D eigenvalue weighted by Gasteiger charge is -2.33. The largest absolute Gasteiger partial charge is 0.310 e. The summed E-state index contributed by atoms with van der Waals surface area (Å²) in [7, 11) is 0. The van der Waals surface area contributed by atoms with Crippen molar-refractivity contribution in [3.8, 4) is 55.6 Å². The van der Waals surface area contributed by atoms with Crippen LogP contribution in [0.15, 0.2) is 237 Å². The topological polar surface area (TPSA) is 3.24 Å². The van der Waals surface area contributed by atoms with Crippen LogP contribution in [0.2, 0.25) is 0 Å². The maximum atomic E-state index is 2.49. The molecule has 0 radical (unpaired) electrons. The molecule has 0 aromatic heterocycles. The second kappa shape index (κ2) is 13.7. The minimum Gasteiger partial charge on any atom is -0.310 e. The molecule has 60 heavy (non-hydrogen) atoms. The van der Waals surface area contributed by atoms with Gasteiger partial charge in [0.05, 0.1) is 11.1 Å². The molecule has 10 aromatic rings. The summed E-state index contributed by atoms with van der Waals surface area (Å²) in [5, 5.41) is 2.49. The van der Waals surface area contributed by atoms with Crippen LogP contribution in [0.25, 0.3) is 66.4 Å². The van der Waals surface area contributed by atoms with Crippen molar-refractivity contribution in [2.45, 2.75) is 5.41 Å². The van der Waals surface area contributed by atoms with Crippen LogP contribution in [-0.4, -0.2) is 0 Å². The molecule has 1 unspecified atom stereocenters. The summed E-state index contributed by atoms with van der Waals surface area (Å²) in [6, 6.07) is 87.3. The van der Waals surface area contributed by atoms with E-state index < -0.39 is 5.41 Å². The summed E-state index contributed by atoms with van der Waals surface area (Å²) in [6.45, 7) is 0. The van der Waals surface area contributed by atoms with Crippen LogP contribution in [0.3, 0.4) is 0 Å². The van der Waals surface area contributed by atoms with Crippen LogP contribution in [-0.2, 0) is 5.41 Å². The fourth-order valence-electron chi connectivity index (χ4n) is 10.4. The molecule has 0 amide bonds. The first-order chi connectivity index (χ1) is 29.8. The van der Waals surface area contributed by atoms with E-state index in [9.17, 15) is 0 Å². The maximum absolute atomic E-state index is 2.49.